The molecular weight excluding hydrogens is 162 g/mol. The van der Waals surface area contributed by atoms with Crippen molar-refractivity contribution < 1.29 is 28.8 Å². The van der Waals surface area contributed by atoms with Crippen LogP contribution in [0.3, 0.4) is 0 Å². The van der Waals surface area contributed by atoms with Gasteiger partial charge in [-0.15, -0.1) is 0 Å². The van der Waals surface area contributed by atoms with Crippen LogP contribution in [0.4, 0.5) is 8.78 Å². The lowest BCUT2D eigenvalue weighted by molar-refractivity contribution is -0.277. The second-order valence-corrected chi connectivity index (χ2v) is 2.38. The summed E-state index contributed by atoms with van der Waals surface area (Å²) in [4.78, 5) is 0. The van der Waals surface area contributed by atoms with Gasteiger partial charge in [-0.2, -0.15) is 0 Å². The smallest absolute Gasteiger partial charge is 0.294 e. The first-order valence-corrected chi connectivity index (χ1v) is 2.99. The molecule has 66 valence electrons. The van der Waals surface area contributed by atoms with E-state index in [-0.39, 0.29) is 0 Å². The molecule has 1 saturated heterocycles. The summed E-state index contributed by atoms with van der Waals surface area (Å²) < 4.78 is 27.9. The van der Waals surface area contributed by atoms with E-state index in [9.17, 15) is 8.78 Å². The largest absolute Gasteiger partial charge is 0.388 e. The fourth-order valence-electron chi connectivity index (χ4n) is 0.863. The number of alkyl halides is 2. The normalized spacial score (nSPS) is 45.3. The zero-order chi connectivity index (χ0) is 8.65. The summed E-state index contributed by atoms with van der Waals surface area (Å²) in [5.74, 6) is -2.90. The van der Waals surface area contributed by atoms with Crippen molar-refractivity contribution in [3.8, 4) is 0 Å². The molecular formula is C5H8F2O4. The number of hydrogen-bond acceptors (Lipinski definition) is 4. The van der Waals surface area contributed by atoms with E-state index < -0.39 is 31.0 Å². The van der Waals surface area contributed by atoms with Gasteiger partial charge in [-0.25, -0.2) is 8.78 Å². The standard InChI is InChI=1S/C5H8F2O4/c6-4(7)5(10)3(9)2(8)1-11-5/h2-4,8-10H,1H2. The highest BCUT2D eigenvalue weighted by Crippen LogP contribution is 2.29. The van der Waals surface area contributed by atoms with Crippen LogP contribution in [0.1, 0.15) is 0 Å². The summed E-state index contributed by atoms with van der Waals surface area (Å²) >= 11 is 0. The summed E-state index contributed by atoms with van der Waals surface area (Å²) in [5.41, 5.74) is 0. The summed E-state index contributed by atoms with van der Waals surface area (Å²) in [6, 6.07) is 0. The van der Waals surface area contributed by atoms with Crippen molar-refractivity contribution in [3.05, 3.63) is 0 Å². The Morgan fingerprint density at radius 3 is 2.18 bits per heavy atom. The van der Waals surface area contributed by atoms with Gasteiger partial charge in [0, 0.05) is 0 Å². The number of rotatable bonds is 1. The molecule has 0 aliphatic carbocycles. The van der Waals surface area contributed by atoms with Crippen molar-refractivity contribution in [2.24, 2.45) is 0 Å². The van der Waals surface area contributed by atoms with Crippen molar-refractivity contribution in [1.82, 2.24) is 0 Å². The molecule has 0 amide bonds. The van der Waals surface area contributed by atoms with Crippen molar-refractivity contribution >= 4 is 0 Å². The molecule has 4 nitrogen and oxygen atoms in total. The summed E-state index contributed by atoms with van der Waals surface area (Å²) in [6.07, 6.45) is -6.62. The van der Waals surface area contributed by atoms with Gasteiger partial charge < -0.3 is 20.1 Å². The molecule has 3 atom stereocenters. The Morgan fingerprint density at radius 2 is 2.00 bits per heavy atom. The van der Waals surface area contributed by atoms with E-state index in [4.69, 9.17) is 15.3 Å². The Hall–Kier alpha value is -0.300. The monoisotopic (exact) mass is 170 g/mol. The summed E-state index contributed by atoms with van der Waals surface area (Å²) in [6.45, 7) is -0.484. The summed E-state index contributed by atoms with van der Waals surface area (Å²) in [5, 5.41) is 26.3. The fourth-order valence-corrected chi connectivity index (χ4v) is 0.863. The van der Waals surface area contributed by atoms with Crippen LogP contribution in [0.25, 0.3) is 0 Å². The topological polar surface area (TPSA) is 69.9 Å². The molecule has 0 bridgehead atoms. The van der Waals surface area contributed by atoms with E-state index in [1.807, 2.05) is 0 Å². The van der Waals surface area contributed by atoms with Crippen molar-refractivity contribution in [2.75, 3.05) is 6.61 Å². The molecule has 0 saturated carbocycles. The van der Waals surface area contributed by atoms with E-state index in [0.717, 1.165) is 0 Å². The highest BCUT2D eigenvalue weighted by molar-refractivity contribution is 4.90. The molecule has 0 aromatic rings. The maximum atomic E-state index is 11.9. The van der Waals surface area contributed by atoms with Crippen LogP contribution in [0.15, 0.2) is 0 Å². The number of aliphatic hydroxyl groups excluding tert-OH is 2. The molecule has 0 aromatic carbocycles. The third-order valence-corrected chi connectivity index (χ3v) is 1.59. The summed E-state index contributed by atoms with van der Waals surface area (Å²) in [7, 11) is 0. The number of aliphatic hydroxyl groups is 3. The van der Waals surface area contributed by atoms with Gasteiger partial charge in [0.2, 0.25) is 0 Å². The molecule has 11 heavy (non-hydrogen) atoms. The van der Waals surface area contributed by atoms with Gasteiger partial charge in [0.05, 0.1) is 6.61 Å². The van der Waals surface area contributed by atoms with Crippen molar-refractivity contribution in [3.63, 3.8) is 0 Å². The maximum absolute atomic E-state index is 11.9. The molecule has 1 aliphatic heterocycles. The molecule has 1 fully saturated rings. The molecule has 3 unspecified atom stereocenters. The lowest BCUT2D eigenvalue weighted by atomic mass is 10.1. The zero-order valence-electron chi connectivity index (χ0n) is 5.44. The van der Waals surface area contributed by atoms with Gasteiger partial charge in [0.15, 0.2) is 0 Å². The van der Waals surface area contributed by atoms with Crippen molar-refractivity contribution in [1.29, 1.82) is 0 Å². The maximum Gasteiger partial charge on any atom is 0.294 e. The number of hydrogen-bond donors (Lipinski definition) is 3. The SMILES string of the molecule is OC1COC(O)(C(F)F)C1O. The Kier molecular flexibility index (Phi) is 2.10. The molecule has 6 heteroatoms. The van der Waals surface area contributed by atoms with Crippen LogP contribution < -0.4 is 0 Å². The molecule has 0 spiro atoms. The first-order valence-electron chi connectivity index (χ1n) is 2.99. The van der Waals surface area contributed by atoms with Gasteiger partial charge >= 0.3 is 0 Å². The van der Waals surface area contributed by atoms with E-state index in [2.05, 4.69) is 4.74 Å². The number of halogens is 2. The van der Waals surface area contributed by atoms with Gasteiger partial charge in [-0.05, 0) is 0 Å². The molecule has 1 rings (SSSR count). The predicted octanol–water partition coefficient (Wildman–Crippen LogP) is -1.31. The van der Waals surface area contributed by atoms with Crippen molar-refractivity contribution in [2.45, 2.75) is 24.4 Å². The second-order valence-electron chi connectivity index (χ2n) is 2.38. The minimum Gasteiger partial charge on any atom is -0.388 e. The van der Waals surface area contributed by atoms with Crippen LogP contribution in [0, 0.1) is 0 Å². The van der Waals surface area contributed by atoms with Gasteiger partial charge in [0.25, 0.3) is 12.2 Å². The zero-order valence-corrected chi connectivity index (χ0v) is 5.44. The highest BCUT2D eigenvalue weighted by Gasteiger charge is 2.54. The van der Waals surface area contributed by atoms with Crippen LogP contribution in [0.5, 0.6) is 0 Å². The Labute approximate surface area is 61.0 Å². The van der Waals surface area contributed by atoms with Crippen LogP contribution in [-0.4, -0.2) is 46.3 Å². The molecule has 1 aliphatic rings. The van der Waals surface area contributed by atoms with E-state index >= 15 is 0 Å². The first kappa shape index (κ1) is 8.79. The second kappa shape index (κ2) is 2.63. The van der Waals surface area contributed by atoms with E-state index in [0.29, 0.717) is 0 Å². The van der Waals surface area contributed by atoms with Gasteiger partial charge in [-0.3, -0.25) is 0 Å². The minimum absolute atomic E-state index is 0.484. The average Bonchev–Trinajstić information content (AvgIpc) is 2.18. The fraction of sp³-hybridized carbons (Fsp3) is 1.00. The Bertz CT molecular complexity index is 153. The molecule has 3 N–H and O–H groups in total. The first-order chi connectivity index (χ1) is 4.98. The molecule has 0 radical (unpaired) electrons. The van der Waals surface area contributed by atoms with Crippen LogP contribution in [-0.2, 0) is 4.74 Å². The van der Waals surface area contributed by atoms with Crippen LogP contribution >= 0.6 is 0 Å². The van der Waals surface area contributed by atoms with Gasteiger partial charge in [-0.1, -0.05) is 0 Å². The highest BCUT2D eigenvalue weighted by atomic mass is 19.3. The van der Waals surface area contributed by atoms with Crippen LogP contribution in [0.2, 0.25) is 0 Å². The Morgan fingerprint density at radius 1 is 1.45 bits per heavy atom. The quantitative estimate of drug-likeness (QED) is 0.457. The third kappa shape index (κ3) is 1.22. The third-order valence-electron chi connectivity index (χ3n) is 1.59. The predicted molar refractivity (Wildman–Crippen MR) is 28.9 cm³/mol. The number of ether oxygens (including phenoxy) is 1. The Balaban J connectivity index is 2.73. The van der Waals surface area contributed by atoms with E-state index in [1.54, 1.807) is 0 Å². The lowest BCUT2D eigenvalue weighted by Crippen LogP contribution is -2.48. The lowest BCUT2D eigenvalue weighted by Gasteiger charge is -2.24. The van der Waals surface area contributed by atoms with Gasteiger partial charge in [0.1, 0.15) is 12.2 Å². The van der Waals surface area contributed by atoms with E-state index in [1.165, 1.54) is 0 Å². The molecule has 1 heterocycles. The average molecular weight is 170 g/mol. The molecule has 0 aromatic heterocycles. The minimum atomic E-state index is -3.23.